The van der Waals surface area contributed by atoms with Crippen molar-refractivity contribution in [2.45, 2.75) is 13.3 Å². The Hall–Kier alpha value is -1.91. The number of hydrogen-bond donors (Lipinski definition) is 0. The van der Waals surface area contributed by atoms with Gasteiger partial charge in [-0.3, -0.25) is 9.69 Å². The molecule has 0 saturated carbocycles. The lowest BCUT2D eigenvalue weighted by Gasteiger charge is -2.23. The Kier molecular flexibility index (Phi) is 6.13. The van der Waals surface area contributed by atoms with Crippen molar-refractivity contribution in [1.29, 1.82) is 0 Å². The summed E-state index contributed by atoms with van der Waals surface area (Å²) >= 11 is 6.19. The monoisotopic (exact) mass is 331 g/mol. The van der Waals surface area contributed by atoms with Crippen molar-refractivity contribution in [3.05, 3.63) is 58.7 Å². The third-order valence-corrected chi connectivity index (χ3v) is 3.82. The summed E-state index contributed by atoms with van der Waals surface area (Å²) in [4.78, 5) is 21.2. The largest absolute Gasteiger partial charge is 0.309 e. The van der Waals surface area contributed by atoms with Crippen molar-refractivity contribution in [1.82, 2.24) is 9.88 Å². The number of anilines is 1. The van der Waals surface area contributed by atoms with Crippen LogP contribution in [0.15, 0.2) is 42.5 Å². The maximum Gasteiger partial charge on any atom is 0.260 e. The minimum atomic E-state index is -0.118. The van der Waals surface area contributed by atoms with Gasteiger partial charge in [-0.15, -0.1) is 0 Å². The van der Waals surface area contributed by atoms with Crippen molar-refractivity contribution in [2.75, 3.05) is 32.1 Å². The number of nitrogens with zero attached hydrogens (tertiary/aromatic N) is 3. The number of carbonyl (C=O) groups excluding carboxylic acids is 1. The first-order valence-electron chi connectivity index (χ1n) is 7.64. The normalized spacial score (nSPS) is 10.8. The first-order valence-corrected chi connectivity index (χ1v) is 8.01. The fourth-order valence-electron chi connectivity index (χ4n) is 2.32. The van der Waals surface area contributed by atoms with E-state index in [0.717, 1.165) is 18.7 Å². The van der Waals surface area contributed by atoms with E-state index >= 15 is 0 Å². The summed E-state index contributed by atoms with van der Waals surface area (Å²) in [5.74, 6) is 0.543. The van der Waals surface area contributed by atoms with Crippen LogP contribution < -0.4 is 4.90 Å². The Morgan fingerprint density at radius 1 is 1.09 bits per heavy atom. The topological polar surface area (TPSA) is 36.4 Å². The van der Waals surface area contributed by atoms with Crippen molar-refractivity contribution in [3.8, 4) is 0 Å². The summed E-state index contributed by atoms with van der Waals surface area (Å²) in [5.41, 5.74) is 1.38. The van der Waals surface area contributed by atoms with Crippen LogP contribution in [-0.4, -0.2) is 43.0 Å². The molecule has 0 radical (unpaired) electrons. The minimum absolute atomic E-state index is 0.118. The molecule has 4 nitrogen and oxygen atoms in total. The maximum absolute atomic E-state index is 12.9. The van der Waals surface area contributed by atoms with Gasteiger partial charge in [-0.2, -0.15) is 0 Å². The predicted octanol–water partition coefficient (Wildman–Crippen LogP) is 3.64. The number of halogens is 1. The van der Waals surface area contributed by atoms with E-state index in [9.17, 15) is 4.79 Å². The van der Waals surface area contributed by atoms with E-state index in [1.807, 2.05) is 51.4 Å². The summed E-state index contributed by atoms with van der Waals surface area (Å²) in [5, 5.41) is 0.461. The highest BCUT2D eigenvalue weighted by molar-refractivity contribution is 6.34. The Balaban J connectivity index is 2.29. The van der Waals surface area contributed by atoms with Crippen molar-refractivity contribution in [2.24, 2.45) is 0 Å². The molecular formula is C18H22ClN3O. The van der Waals surface area contributed by atoms with Crippen LogP contribution in [0.3, 0.4) is 0 Å². The third kappa shape index (κ3) is 4.78. The highest BCUT2D eigenvalue weighted by atomic mass is 35.5. The number of aromatic nitrogens is 1. The van der Waals surface area contributed by atoms with Crippen LogP contribution in [-0.2, 0) is 0 Å². The molecule has 0 unspecified atom stereocenters. The summed E-state index contributed by atoms with van der Waals surface area (Å²) in [7, 11) is 4.04. The van der Waals surface area contributed by atoms with Gasteiger partial charge in [0, 0.05) is 12.2 Å². The molecule has 5 heteroatoms. The second-order valence-corrected chi connectivity index (χ2v) is 6.14. The zero-order chi connectivity index (χ0) is 16.8. The molecule has 0 aliphatic rings. The summed E-state index contributed by atoms with van der Waals surface area (Å²) in [6.45, 7) is 3.41. The standard InChI is InChI=1S/C18H22ClN3O/c1-14-8-6-11-17(20-14)22(13-7-12-21(2)3)18(23)15-9-4-5-10-16(15)19/h4-6,8-11H,7,12-13H2,1-3H3. The zero-order valence-corrected chi connectivity index (χ0v) is 14.5. The number of aryl methyl sites for hydroxylation is 1. The van der Waals surface area contributed by atoms with Crippen molar-refractivity contribution in [3.63, 3.8) is 0 Å². The molecule has 2 aromatic rings. The van der Waals surface area contributed by atoms with Gasteiger partial charge in [0.15, 0.2) is 0 Å². The Labute approximate surface area is 142 Å². The highest BCUT2D eigenvalue weighted by Gasteiger charge is 2.20. The molecule has 1 aromatic heterocycles. The molecule has 0 atom stereocenters. The highest BCUT2D eigenvalue weighted by Crippen LogP contribution is 2.21. The van der Waals surface area contributed by atoms with Gasteiger partial charge in [-0.05, 0) is 58.3 Å². The second kappa shape index (κ2) is 8.09. The van der Waals surface area contributed by atoms with Crippen LogP contribution in [0, 0.1) is 6.92 Å². The summed E-state index contributed by atoms with van der Waals surface area (Å²) < 4.78 is 0. The van der Waals surface area contributed by atoms with Gasteiger partial charge in [0.05, 0.1) is 10.6 Å². The number of amides is 1. The molecule has 122 valence electrons. The van der Waals surface area contributed by atoms with Gasteiger partial charge < -0.3 is 4.90 Å². The Bertz CT molecular complexity index is 673. The van der Waals surface area contributed by atoms with Crippen LogP contribution in [0.5, 0.6) is 0 Å². The smallest absolute Gasteiger partial charge is 0.260 e. The lowest BCUT2D eigenvalue weighted by molar-refractivity contribution is 0.0985. The number of pyridine rings is 1. The molecule has 1 amide bonds. The minimum Gasteiger partial charge on any atom is -0.309 e. The van der Waals surface area contributed by atoms with Crippen molar-refractivity contribution >= 4 is 23.3 Å². The number of hydrogen-bond acceptors (Lipinski definition) is 3. The lowest BCUT2D eigenvalue weighted by atomic mass is 10.2. The zero-order valence-electron chi connectivity index (χ0n) is 13.8. The first-order chi connectivity index (χ1) is 11.0. The molecule has 0 aliphatic heterocycles. The molecule has 1 aromatic carbocycles. The van der Waals surface area contributed by atoms with E-state index < -0.39 is 0 Å². The summed E-state index contributed by atoms with van der Waals surface area (Å²) in [6.07, 6.45) is 0.860. The molecule has 0 saturated heterocycles. The van der Waals surface area contributed by atoms with Gasteiger partial charge in [0.25, 0.3) is 5.91 Å². The van der Waals surface area contributed by atoms with Crippen LogP contribution in [0.4, 0.5) is 5.82 Å². The number of benzene rings is 1. The molecule has 0 spiro atoms. The van der Waals surface area contributed by atoms with Crippen molar-refractivity contribution < 1.29 is 4.79 Å². The first kappa shape index (κ1) is 17.4. The van der Waals surface area contributed by atoms with E-state index in [1.165, 1.54) is 0 Å². The van der Waals surface area contributed by atoms with Crippen LogP contribution >= 0.6 is 11.6 Å². The van der Waals surface area contributed by atoms with Gasteiger partial charge >= 0.3 is 0 Å². The quantitative estimate of drug-likeness (QED) is 0.810. The van der Waals surface area contributed by atoms with Gasteiger partial charge in [-0.1, -0.05) is 29.8 Å². The lowest BCUT2D eigenvalue weighted by Crippen LogP contribution is -2.34. The van der Waals surface area contributed by atoms with Crippen LogP contribution in [0.1, 0.15) is 22.5 Å². The Morgan fingerprint density at radius 3 is 2.48 bits per heavy atom. The number of carbonyl (C=O) groups is 1. The molecule has 0 N–H and O–H groups in total. The molecule has 0 aliphatic carbocycles. The second-order valence-electron chi connectivity index (χ2n) is 5.73. The van der Waals surface area contributed by atoms with E-state index in [-0.39, 0.29) is 5.91 Å². The fraction of sp³-hybridized carbons (Fsp3) is 0.333. The van der Waals surface area contributed by atoms with Crippen LogP contribution in [0.25, 0.3) is 0 Å². The predicted molar refractivity (Wildman–Crippen MR) is 95.3 cm³/mol. The van der Waals surface area contributed by atoms with Crippen LogP contribution in [0.2, 0.25) is 5.02 Å². The Morgan fingerprint density at radius 2 is 1.83 bits per heavy atom. The third-order valence-electron chi connectivity index (χ3n) is 3.49. The molecule has 2 rings (SSSR count). The van der Waals surface area contributed by atoms with Gasteiger partial charge in [0.1, 0.15) is 5.82 Å². The van der Waals surface area contributed by atoms with E-state index in [4.69, 9.17) is 11.6 Å². The number of rotatable bonds is 6. The fourth-order valence-corrected chi connectivity index (χ4v) is 2.54. The van der Waals surface area contributed by atoms with Gasteiger partial charge in [-0.25, -0.2) is 4.98 Å². The average Bonchev–Trinajstić information content (AvgIpc) is 2.51. The van der Waals surface area contributed by atoms with E-state index in [1.54, 1.807) is 17.0 Å². The SMILES string of the molecule is Cc1cccc(N(CCCN(C)C)C(=O)c2ccccc2Cl)n1. The molecular weight excluding hydrogens is 310 g/mol. The molecule has 1 heterocycles. The summed E-state index contributed by atoms with van der Waals surface area (Å²) in [6, 6.07) is 12.8. The van der Waals surface area contributed by atoms with E-state index in [2.05, 4.69) is 9.88 Å². The maximum atomic E-state index is 12.9. The van der Waals surface area contributed by atoms with Gasteiger partial charge in [0.2, 0.25) is 0 Å². The molecule has 0 bridgehead atoms. The average molecular weight is 332 g/mol. The molecule has 0 fully saturated rings. The molecule has 23 heavy (non-hydrogen) atoms. The van der Waals surface area contributed by atoms with E-state index in [0.29, 0.717) is 22.9 Å².